The molecular weight excluding hydrogens is 142 g/mol. The summed E-state index contributed by atoms with van der Waals surface area (Å²) < 4.78 is 0. The van der Waals surface area contributed by atoms with Crippen molar-refractivity contribution in [2.75, 3.05) is 13.1 Å². The normalized spacial score (nSPS) is 38.5. The lowest BCUT2D eigenvalue weighted by molar-refractivity contribution is -0.135. The van der Waals surface area contributed by atoms with Gasteiger partial charge in [0.15, 0.2) is 0 Å². The predicted octanol–water partition coefficient (Wildman–Crippen LogP) is -0.785. The summed E-state index contributed by atoms with van der Waals surface area (Å²) in [5, 5.41) is 4.72. The van der Waals surface area contributed by atoms with Gasteiger partial charge in [0.2, 0.25) is 5.91 Å². The van der Waals surface area contributed by atoms with Gasteiger partial charge in [-0.05, 0) is 12.8 Å². The van der Waals surface area contributed by atoms with Crippen LogP contribution in [0, 0.1) is 0 Å². The number of nitrogens with one attached hydrogen (secondary N) is 1. The Labute approximate surface area is 65.7 Å². The van der Waals surface area contributed by atoms with E-state index in [4.69, 9.17) is 5.84 Å². The van der Waals surface area contributed by atoms with Crippen molar-refractivity contribution in [3.05, 3.63) is 0 Å². The molecule has 4 nitrogen and oxygen atoms in total. The van der Waals surface area contributed by atoms with Crippen molar-refractivity contribution < 1.29 is 4.79 Å². The first-order valence-electron chi connectivity index (χ1n) is 4.01. The molecule has 2 aliphatic heterocycles. The number of piperidine rings is 1. The summed E-state index contributed by atoms with van der Waals surface area (Å²) in [6.45, 7) is 1.77. The SMILES string of the molecule is NN1CCC[C@@]2(CC(=O)N2)C1. The van der Waals surface area contributed by atoms with Crippen LogP contribution in [0.3, 0.4) is 0 Å². The second kappa shape index (κ2) is 2.19. The van der Waals surface area contributed by atoms with Crippen LogP contribution in [0.1, 0.15) is 19.3 Å². The summed E-state index contributed by atoms with van der Waals surface area (Å²) in [6, 6.07) is 0. The fraction of sp³-hybridized carbons (Fsp3) is 0.857. The number of nitrogens with two attached hydrogens (primary N) is 1. The minimum atomic E-state index is 0.0457. The number of hydrazine groups is 1. The van der Waals surface area contributed by atoms with Crippen LogP contribution in [0.15, 0.2) is 0 Å². The molecule has 0 aromatic carbocycles. The van der Waals surface area contributed by atoms with Crippen molar-refractivity contribution in [3.63, 3.8) is 0 Å². The summed E-state index contributed by atoms with van der Waals surface area (Å²) in [5.74, 6) is 5.81. The molecule has 0 unspecified atom stereocenters. The second-order valence-electron chi connectivity index (χ2n) is 3.58. The Hall–Kier alpha value is -0.610. The number of rotatable bonds is 0. The smallest absolute Gasteiger partial charge is 0.222 e. The lowest BCUT2D eigenvalue weighted by Crippen LogP contribution is -2.68. The van der Waals surface area contributed by atoms with Crippen molar-refractivity contribution in [1.29, 1.82) is 0 Å². The van der Waals surface area contributed by atoms with Crippen LogP contribution in [0.25, 0.3) is 0 Å². The molecule has 2 rings (SSSR count). The molecule has 0 aromatic rings. The first-order valence-corrected chi connectivity index (χ1v) is 4.01. The minimum absolute atomic E-state index is 0.0457. The molecule has 0 aliphatic carbocycles. The van der Waals surface area contributed by atoms with Crippen LogP contribution >= 0.6 is 0 Å². The molecule has 1 atom stereocenters. The molecule has 1 spiro atoms. The van der Waals surface area contributed by atoms with E-state index in [1.165, 1.54) is 0 Å². The van der Waals surface area contributed by atoms with Crippen molar-refractivity contribution in [2.45, 2.75) is 24.8 Å². The Kier molecular flexibility index (Phi) is 1.40. The van der Waals surface area contributed by atoms with E-state index in [9.17, 15) is 4.79 Å². The lowest BCUT2D eigenvalue weighted by atomic mass is 9.80. The topological polar surface area (TPSA) is 58.4 Å². The quantitative estimate of drug-likeness (QED) is 0.356. The Morgan fingerprint density at radius 3 is 2.91 bits per heavy atom. The van der Waals surface area contributed by atoms with Crippen LogP contribution in [0.2, 0.25) is 0 Å². The van der Waals surface area contributed by atoms with E-state index in [-0.39, 0.29) is 11.4 Å². The summed E-state index contributed by atoms with van der Waals surface area (Å²) in [7, 11) is 0. The van der Waals surface area contributed by atoms with E-state index in [1.807, 2.05) is 0 Å². The molecule has 0 radical (unpaired) electrons. The van der Waals surface area contributed by atoms with Gasteiger partial charge in [0.05, 0.1) is 12.0 Å². The fourth-order valence-electron chi connectivity index (χ4n) is 2.00. The highest BCUT2D eigenvalue weighted by Gasteiger charge is 2.44. The van der Waals surface area contributed by atoms with Gasteiger partial charge in [0.1, 0.15) is 0 Å². The van der Waals surface area contributed by atoms with Crippen LogP contribution in [-0.4, -0.2) is 29.5 Å². The van der Waals surface area contributed by atoms with Gasteiger partial charge in [-0.15, -0.1) is 0 Å². The third-order valence-electron chi connectivity index (χ3n) is 2.51. The third-order valence-corrected chi connectivity index (χ3v) is 2.51. The van der Waals surface area contributed by atoms with E-state index in [2.05, 4.69) is 5.32 Å². The molecule has 2 fully saturated rings. The van der Waals surface area contributed by atoms with Gasteiger partial charge in [-0.2, -0.15) is 0 Å². The zero-order valence-corrected chi connectivity index (χ0v) is 6.47. The van der Waals surface area contributed by atoms with E-state index in [0.29, 0.717) is 6.42 Å². The monoisotopic (exact) mass is 155 g/mol. The summed E-state index contributed by atoms with van der Waals surface area (Å²) in [4.78, 5) is 10.7. The number of β-lactam (4-membered cyclic amide) rings is 1. The number of hydrogen-bond donors (Lipinski definition) is 2. The maximum Gasteiger partial charge on any atom is 0.222 e. The van der Waals surface area contributed by atoms with Gasteiger partial charge in [-0.1, -0.05) is 0 Å². The molecule has 0 bridgehead atoms. The number of carbonyl (C=O) groups is 1. The van der Waals surface area contributed by atoms with E-state index in [1.54, 1.807) is 5.01 Å². The maximum atomic E-state index is 10.7. The van der Waals surface area contributed by atoms with E-state index < -0.39 is 0 Å². The van der Waals surface area contributed by atoms with Gasteiger partial charge in [-0.3, -0.25) is 10.6 Å². The molecule has 62 valence electrons. The molecule has 1 amide bonds. The molecule has 11 heavy (non-hydrogen) atoms. The molecule has 0 saturated carbocycles. The van der Waals surface area contributed by atoms with Crippen molar-refractivity contribution in [3.8, 4) is 0 Å². The Bertz CT molecular complexity index is 184. The second-order valence-corrected chi connectivity index (χ2v) is 3.58. The first-order chi connectivity index (χ1) is 5.20. The number of hydrogen-bond acceptors (Lipinski definition) is 3. The predicted molar refractivity (Wildman–Crippen MR) is 40.5 cm³/mol. The average molecular weight is 155 g/mol. The van der Waals surface area contributed by atoms with Gasteiger partial charge >= 0.3 is 0 Å². The highest BCUT2D eigenvalue weighted by Crippen LogP contribution is 2.29. The van der Waals surface area contributed by atoms with Gasteiger partial charge in [-0.25, -0.2) is 5.01 Å². The summed E-state index contributed by atoms with van der Waals surface area (Å²) in [5.41, 5.74) is 0.0457. The van der Waals surface area contributed by atoms with Crippen LogP contribution in [0.5, 0.6) is 0 Å². The summed E-state index contributed by atoms with van der Waals surface area (Å²) >= 11 is 0. The average Bonchev–Trinajstić information content (AvgIpc) is 1.84. The highest BCUT2D eigenvalue weighted by molar-refractivity contribution is 5.84. The van der Waals surface area contributed by atoms with Crippen molar-refractivity contribution in [1.82, 2.24) is 10.3 Å². The summed E-state index contributed by atoms with van der Waals surface area (Å²) in [6.07, 6.45) is 2.85. The Morgan fingerprint density at radius 1 is 1.64 bits per heavy atom. The molecule has 3 N–H and O–H groups in total. The lowest BCUT2D eigenvalue weighted by Gasteiger charge is -2.47. The maximum absolute atomic E-state index is 10.7. The highest BCUT2D eigenvalue weighted by atomic mass is 16.2. The molecular formula is C7H13N3O. The molecule has 4 heteroatoms. The Morgan fingerprint density at radius 2 is 2.36 bits per heavy atom. The zero-order valence-electron chi connectivity index (χ0n) is 6.47. The first kappa shape index (κ1) is 7.06. The number of nitrogens with zero attached hydrogens (tertiary/aromatic N) is 1. The van der Waals surface area contributed by atoms with E-state index in [0.717, 1.165) is 25.9 Å². The molecule has 2 heterocycles. The minimum Gasteiger partial charge on any atom is -0.349 e. The molecule has 2 aliphatic rings. The van der Waals surface area contributed by atoms with Gasteiger partial charge in [0, 0.05) is 13.1 Å². The fourth-order valence-corrected chi connectivity index (χ4v) is 2.00. The van der Waals surface area contributed by atoms with E-state index >= 15 is 0 Å². The van der Waals surface area contributed by atoms with Crippen LogP contribution in [0.4, 0.5) is 0 Å². The molecule has 0 aromatic heterocycles. The van der Waals surface area contributed by atoms with Crippen LogP contribution < -0.4 is 11.2 Å². The third kappa shape index (κ3) is 1.12. The number of carbonyl (C=O) groups excluding carboxylic acids is 1. The zero-order chi connectivity index (χ0) is 7.90. The standard InChI is InChI=1S/C7H13N3O/c8-10-3-1-2-7(5-10)4-6(11)9-7/h1-5,8H2,(H,9,11)/t7-/m1/s1. The van der Waals surface area contributed by atoms with Crippen molar-refractivity contribution >= 4 is 5.91 Å². The van der Waals surface area contributed by atoms with Crippen LogP contribution in [-0.2, 0) is 4.79 Å². The van der Waals surface area contributed by atoms with Gasteiger partial charge < -0.3 is 5.32 Å². The van der Waals surface area contributed by atoms with Gasteiger partial charge in [0.25, 0.3) is 0 Å². The Balaban J connectivity index is 1.98. The van der Waals surface area contributed by atoms with Crippen molar-refractivity contribution in [2.24, 2.45) is 5.84 Å². The molecule has 2 saturated heterocycles. The number of amides is 1. The largest absolute Gasteiger partial charge is 0.349 e.